The lowest BCUT2D eigenvalue weighted by Crippen LogP contribution is -2.48. The molecule has 4 aromatic rings. The van der Waals surface area contributed by atoms with Crippen molar-refractivity contribution in [1.82, 2.24) is 15.2 Å². The van der Waals surface area contributed by atoms with Gasteiger partial charge in [-0.25, -0.2) is 17.8 Å². The zero-order valence-electron chi connectivity index (χ0n) is 21.5. The molecule has 1 fully saturated rings. The van der Waals surface area contributed by atoms with Crippen molar-refractivity contribution in [3.8, 4) is 0 Å². The lowest BCUT2D eigenvalue weighted by molar-refractivity contribution is -0.384. The van der Waals surface area contributed by atoms with Gasteiger partial charge in [0.25, 0.3) is 21.6 Å². The topological polar surface area (TPSA) is 138 Å². The minimum Gasteiger partial charge on any atom is -0.351 e. The molecule has 3 aromatic carbocycles. The van der Waals surface area contributed by atoms with E-state index >= 15 is 0 Å². The highest BCUT2D eigenvalue weighted by Crippen LogP contribution is 2.31. The number of nitro groups is 1. The molecule has 216 valence electrons. The van der Waals surface area contributed by atoms with Gasteiger partial charge in [0.05, 0.1) is 31.3 Å². The van der Waals surface area contributed by atoms with Crippen LogP contribution in [-0.2, 0) is 10.0 Å². The number of para-hydroxylation sites is 1. The summed E-state index contributed by atoms with van der Waals surface area (Å²) in [5.74, 6) is -0.968. The molecule has 1 aliphatic rings. The predicted octanol–water partition coefficient (Wildman–Crippen LogP) is 4.12. The van der Waals surface area contributed by atoms with Crippen LogP contribution in [-0.4, -0.2) is 68.4 Å². The molecule has 0 spiro atoms. The van der Waals surface area contributed by atoms with Gasteiger partial charge in [-0.15, -0.1) is 12.4 Å². The van der Waals surface area contributed by atoms with Crippen LogP contribution in [0.3, 0.4) is 0 Å². The molecule has 2 heterocycles. The SMILES string of the molecule is Cl.O=C(NCCN1CCN(c2nc3ccc([N+](=O)[O-])cc3s2)CC1)c1ccccc1NS(=O)(=O)c1ccc(F)cc1. The van der Waals surface area contributed by atoms with E-state index in [0.29, 0.717) is 13.1 Å². The summed E-state index contributed by atoms with van der Waals surface area (Å²) in [5, 5.41) is 14.7. The molecule has 0 unspecified atom stereocenters. The Bertz CT molecular complexity index is 1660. The number of carbonyl (C=O) groups excluding carboxylic acids is 1. The van der Waals surface area contributed by atoms with Crippen LogP contribution in [0.5, 0.6) is 0 Å². The molecule has 1 aromatic heterocycles. The number of sulfonamides is 1. The Morgan fingerprint density at radius 3 is 2.46 bits per heavy atom. The normalized spacial score (nSPS) is 13.9. The van der Waals surface area contributed by atoms with Crippen LogP contribution < -0.4 is 14.9 Å². The van der Waals surface area contributed by atoms with Gasteiger partial charge < -0.3 is 10.2 Å². The average Bonchev–Trinajstić information content (AvgIpc) is 3.37. The van der Waals surface area contributed by atoms with E-state index in [2.05, 4.69) is 24.8 Å². The quantitative estimate of drug-likeness (QED) is 0.211. The highest BCUT2D eigenvalue weighted by atomic mass is 35.5. The number of aromatic nitrogens is 1. The summed E-state index contributed by atoms with van der Waals surface area (Å²) in [5.41, 5.74) is 1.08. The number of piperazine rings is 1. The Hall–Kier alpha value is -3.85. The Kier molecular flexibility index (Phi) is 9.38. The number of rotatable bonds is 9. The molecule has 1 amide bonds. The number of non-ortho nitro benzene ring substituents is 1. The maximum Gasteiger partial charge on any atom is 0.270 e. The summed E-state index contributed by atoms with van der Waals surface area (Å²) >= 11 is 1.43. The minimum absolute atomic E-state index is 0. The van der Waals surface area contributed by atoms with E-state index < -0.39 is 26.7 Å². The molecule has 1 saturated heterocycles. The average molecular weight is 621 g/mol. The maximum atomic E-state index is 13.2. The van der Waals surface area contributed by atoms with E-state index in [0.717, 1.165) is 65.8 Å². The van der Waals surface area contributed by atoms with Crippen LogP contribution in [0.25, 0.3) is 10.2 Å². The van der Waals surface area contributed by atoms with Gasteiger partial charge in [0.2, 0.25) is 0 Å². The van der Waals surface area contributed by atoms with Crippen LogP contribution in [0.4, 0.5) is 20.9 Å². The van der Waals surface area contributed by atoms with Gasteiger partial charge in [0, 0.05) is 51.4 Å². The first kappa shape index (κ1) is 30.1. The van der Waals surface area contributed by atoms with Crippen molar-refractivity contribution < 1.29 is 22.5 Å². The monoisotopic (exact) mass is 620 g/mol. The van der Waals surface area contributed by atoms with Gasteiger partial charge in [-0.2, -0.15) is 0 Å². The van der Waals surface area contributed by atoms with Gasteiger partial charge >= 0.3 is 0 Å². The molecule has 11 nitrogen and oxygen atoms in total. The highest BCUT2D eigenvalue weighted by Gasteiger charge is 2.22. The number of fused-ring (bicyclic) bond motifs is 1. The molecule has 0 saturated carbocycles. The second kappa shape index (κ2) is 12.8. The third-order valence-corrected chi connectivity index (χ3v) is 8.93. The van der Waals surface area contributed by atoms with Crippen molar-refractivity contribution in [2.75, 3.05) is 48.9 Å². The van der Waals surface area contributed by atoms with Crippen LogP contribution in [0.1, 0.15) is 10.4 Å². The lowest BCUT2D eigenvalue weighted by Gasteiger charge is -2.34. The fourth-order valence-electron chi connectivity index (χ4n) is 4.32. The van der Waals surface area contributed by atoms with Gasteiger partial charge in [-0.3, -0.25) is 24.5 Å². The van der Waals surface area contributed by atoms with E-state index in [1.54, 1.807) is 24.3 Å². The number of nitrogens with one attached hydrogen (secondary N) is 2. The van der Waals surface area contributed by atoms with E-state index in [-0.39, 0.29) is 34.2 Å². The van der Waals surface area contributed by atoms with Crippen LogP contribution >= 0.6 is 23.7 Å². The summed E-state index contributed by atoms with van der Waals surface area (Å²) in [6.45, 7) is 3.92. The summed E-state index contributed by atoms with van der Waals surface area (Å²) in [6, 6.07) is 15.4. The van der Waals surface area contributed by atoms with Crippen LogP contribution in [0.2, 0.25) is 0 Å². The first-order valence-corrected chi connectivity index (χ1v) is 14.7. The van der Waals surface area contributed by atoms with E-state index in [1.165, 1.54) is 29.5 Å². The summed E-state index contributed by atoms with van der Waals surface area (Å²) in [7, 11) is -4.01. The number of anilines is 2. The first-order chi connectivity index (χ1) is 19.2. The van der Waals surface area contributed by atoms with E-state index in [4.69, 9.17) is 0 Å². The van der Waals surface area contributed by atoms with Gasteiger partial charge in [-0.05, 0) is 42.5 Å². The number of amides is 1. The molecule has 15 heteroatoms. The molecule has 5 rings (SSSR count). The van der Waals surface area contributed by atoms with Crippen molar-refractivity contribution >= 4 is 66.4 Å². The maximum absolute atomic E-state index is 13.2. The van der Waals surface area contributed by atoms with Gasteiger partial charge in [0.1, 0.15) is 5.82 Å². The van der Waals surface area contributed by atoms with E-state index in [9.17, 15) is 27.7 Å². The Balaban J connectivity index is 0.00000387. The Morgan fingerprint density at radius 2 is 1.76 bits per heavy atom. The van der Waals surface area contributed by atoms with Crippen molar-refractivity contribution in [1.29, 1.82) is 0 Å². The first-order valence-electron chi connectivity index (χ1n) is 12.4. The number of nitro benzene ring substituents is 1. The third-order valence-electron chi connectivity index (χ3n) is 6.47. The largest absolute Gasteiger partial charge is 0.351 e. The highest BCUT2D eigenvalue weighted by molar-refractivity contribution is 7.92. The molecule has 41 heavy (non-hydrogen) atoms. The summed E-state index contributed by atoms with van der Waals surface area (Å²) < 4.78 is 41.8. The molecule has 1 aliphatic heterocycles. The molecule has 0 aliphatic carbocycles. The second-order valence-corrected chi connectivity index (χ2v) is 11.8. The van der Waals surface area contributed by atoms with Crippen LogP contribution in [0, 0.1) is 15.9 Å². The number of thiazole rings is 1. The van der Waals surface area contributed by atoms with Gasteiger partial charge in [-0.1, -0.05) is 23.5 Å². The summed E-state index contributed by atoms with van der Waals surface area (Å²) in [6.07, 6.45) is 0. The molecule has 2 N–H and O–H groups in total. The lowest BCUT2D eigenvalue weighted by atomic mass is 10.1. The van der Waals surface area contributed by atoms with Crippen molar-refractivity contribution in [3.63, 3.8) is 0 Å². The fraction of sp³-hybridized carbons (Fsp3) is 0.231. The van der Waals surface area contributed by atoms with Gasteiger partial charge in [0.15, 0.2) is 5.13 Å². The smallest absolute Gasteiger partial charge is 0.270 e. The number of nitrogens with zero attached hydrogens (tertiary/aromatic N) is 4. The molecular weight excluding hydrogens is 595 g/mol. The zero-order valence-corrected chi connectivity index (χ0v) is 24.0. The number of carbonyl (C=O) groups is 1. The van der Waals surface area contributed by atoms with Crippen LogP contribution in [0.15, 0.2) is 71.6 Å². The number of benzene rings is 3. The molecule has 0 atom stereocenters. The molecular formula is C26H26ClFN6O5S2. The summed E-state index contributed by atoms with van der Waals surface area (Å²) in [4.78, 5) is 32.4. The third kappa shape index (κ3) is 7.08. The second-order valence-electron chi connectivity index (χ2n) is 9.10. The molecule has 0 bridgehead atoms. The Morgan fingerprint density at radius 1 is 1.05 bits per heavy atom. The standard InChI is InChI=1S/C26H25FN6O5S2.ClH/c27-18-5-8-20(9-6-18)40(37,38)30-22-4-2-1-3-21(22)25(34)28-11-12-31-13-15-32(16-14-31)26-29-23-10-7-19(33(35)36)17-24(23)39-26;/h1-10,17,30H,11-16H2,(H,28,34);1H. The predicted molar refractivity (Wildman–Crippen MR) is 158 cm³/mol. The van der Waals surface area contributed by atoms with Crippen molar-refractivity contribution in [2.45, 2.75) is 4.90 Å². The minimum atomic E-state index is -4.01. The zero-order chi connectivity index (χ0) is 28.3. The number of hydrogen-bond donors (Lipinski definition) is 2. The fourth-order valence-corrected chi connectivity index (χ4v) is 6.45. The number of hydrogen-bond acceptors (Lipinski definition) is 9. The Labute approximate surface area is 245 Å². The molecule has 0 radical (unpaired) electrons. The van der Waals surface area contributed by atoms with Crippen molar-refractivity contribution in [2.24, 2.45) is 0 Å². The van der Waals surface area contributed by atoms with Crippen molar-refractivity contribution in [3.05, 3.63) is 88.2 Å². The van der Waals surface area contributed by atoms with E-state index in [1.807, 2.05) is 0 Å². The number of halogens is 2.